The zero-order valence-electron chi connectivity index (χ0n) is 6.97. The van der Waals surface area contributed by atoms with Gasteiger partial charge in [-0.25, -0.2) is 0 Å². The summed E-state index contributed by atoms with van der Waals surface area (Å²) in [5.41, 5.74) is 0. The van der Waals surface area contributed by atoms with Crippen molar-refractivity contribution in [2.75, 3.05) is 6.54 Å². The SMILES string of the molecule is O=C1CNC=CN1.c1cnccn1. The van der Waals surface area contributed by atoms with E-state index in [9.17, 15) is 4.79 Å². The van der Waals surface area contributed by atoms with Gasteiger partial charge in [0.15, 0.2) is 0 Å². The number of hydrogen-bond acceptors (Lipinski definition) is 4. The third-order valence-electron chi connectivity index (χ3n) is 1.19. The smallest absolute Gasteiger partial charge is 0.243 e. The number of carbonyl (C=O) groups is 1. The van der Waals surface area contributed by atoms with Gasteiger partial charge in [-0.15, -0.1) is 0 Å². The number of nitrogens with one attached hydrogen (secondary N) is 2. The molecule has 68 valence electrons. The molecule has 1 aromatic rings. The van der Waals surface area contributed by atoms with Crippen molar-refractivity contribution in [1.82, 2.24) is 20.6 Å². The highest BCUT2D eigenvalue weighted by molar-refractivity contribution is 5.79. The zero-order valence-corrected chi connectivity index (χ0v) is 6.97. The molecule has 0 saturated heterocycles. The highest BCUT2D eigenvalue weighted by Gasteiger charge is 1.96. The van der Waals surface area contributed by atoms with Crippen molar-refractivity contribution in [3.63, 3.8) is 0 Å². The molecule has 1 aromatic heterocycles. The van der Waals surface area contributed by atoms with Crippen molar-refractivity contribution >= 4 is 5.91 Å². The first kappa shape index (κ1) is 9.18. The van der Waals surface area contributed by atoms with Crippen LogP contribution in [-0.4, -0.2) is 22.4 Å². The van der Waals surface area contributed by atoms with E-state index in [0.29, 0.717) is 6.54 Å². The fourth-order valence-electron chi connectivity index (χ4n) is 0.650. The third-order valence-corrected chi connectivity index (χ3v) is 1.19. The van der Waals surface area contributed by atoms with Gasteiger partial charge in [-0.3, -0.25) is 14.8 Å². The summed E-state index contributed by atoms with van der Waals surface area (Å²) in [4.78, 5) is 17.7. The van der Waals surface area contributed by atoms with Crippen molar-refractivity contribution in [3.05, 3.63) is 37.2 Å². The van der Waals surface area contributed by atoms with Gasteiger partial charge in [-0.05, 0) is 0 Å². The summed E-state index contributed by atoms with van der Waals surface area (Å²) in [5.74, 6) is 0.0162. The third kappa shape index (κ3) is 4.52. The Balaban J connectivity index is 0.000000132. The van der Waals surface area contributed by atoms with Crippen LogP contribution >= 0.6 is 0 Å². The van der Waals surface area contributed by atoms with Crippen molar-refractivity contribution < 1.29 is 4.79 Å². The molecule has 0 bridgehead atoms. The minimum absolute atomic E-state index is 0.0162. The number of hydrogen-bond donors (Lipinski definition) is 2. The summed E-state index contributed by atoms with van der Waals surface area (Å²) in [6, 6.07) is 0. The van der Waals surface area contributed by atoms with Crippen molar-refractivity contribution in [3.8, 4) is 0 Å². The Bertz CT molecular complexity index is 246. The maximum atomic E-state index is 10.2. The molecule has 2 N–H and O–H groups in total. The second-order valence-corrected chi connectivity index (χ2v) is 2.18. The molecule has 0 aromatic carbocycles. The predicted molar refractivity (Wildman–Crippen MR) is 47.3 cm³/mol. The minimum Gasteiger partial charge on any atom is -0.381 e. The van der Waals surface area contributed by atoms with Crippen molar-refractivity contribution in [2.24, 2.45) is 0 Å². The van der Waals surface area contributed by atoms with Gasteiger partial charge in [0.2, 0.25) is 5.91 Å². The van der Waals surface area contributed by atoms with E-state index in [-0.39, 0.29) is 5.91 Å². The Hall–Kier alpha value is -1.91. The van der Waals surface area contributed by atoms with E-state index in [0.717, 1.165) is 0 Å². The molecule has 0 spiro atoms. The van der Waals surface area contributed by atoms with E-state index >= 15 is 0 Å². The molecule has 0 fully saturated rings. The van der Waals surface area contributed by atoms with Gasteiger partial charge in [0.25, 0.3) is 0 Å². The van der Waals surface area contributed by atoms with Crippen LogP contribution in [0.1, 0.15) is 0 Å². The molecule has 2 rings (SSSR count). The quantitative estimate of drug-likeness (QED) is 0.570. The molecule has 1 aliphatic heterocycles. The van der Waals surface area contributed by atoms with Crippen LogP contribution in [0.5, 0.6) is 0 Å². The molecule has 5 nitrogen and oxygen atoms in total. The van der Waals surface area contributed by atoms with Crippen LogP contribution in [0.4, 0.5) is 0 Å². The lowest BCUT2D eigenvalue weighted by atomic mass is 10.5. The van der Waals surface area contributed by atoms with E-state index < -0.39 is 0 Å². The fourth-order valence-corrected chi connectivity index (χ4v) is 0.650. The summed E-state index contributed by atoms with van der Waals surface area (Å²) in [6.07, 6.45) is 9.83. The van der Waals surface area contributed by atoms with Crippen LogP contribution in [0.15, 0.2) is 37.2 Å². The fraction of sp³-hybridized carbons (Fsp3) is 0.125. The van der Waals surface area contributed by atoms with Crippen LogP contribution in [0.3, 0.4) is 0 Å². The van der Waals surface area contributed by atoms with E-state index in [1.54, 1.807) is 37.2 Å². The zero-order chi connectivity index (χ0) is 9.36. The second kappa shape index (κ2) is 5.70. The van der Waals surface area contributed by atoms with E-state index in [1.165, 1.54) is 0 Å². The number of nitrogens with zero attached hydrogens (tertiary/aromatic N) is 2. The molecule has 0 radical (unpaired) electrons. The first-order chi connectivity index (χ1) is 6.39. The van der Waals surface area contributed by atoms with Gasteiger partial charge in [0, 0.05) is 37.2 Å². The first-order valence-electron chi connectivity index (χ1n) is 3.77. The molecule has 1 amide bonds. The standard InChI is InChI=1S/C4H6N2O.C4H4N2/c7-4-3-5-1-2-6-4;1-2-6-4-3-5-1/h1-2,5H,3H2,(H,6,7);1-4H. The lowest BCUT2D eigenvalue weighted by molar-refractivity contribution is -0.119. The highest BCUT2D eigenvalue weighted by Crippen LogP contribution is 1.71. The summed E-state index contributed by atoms with van der Waals surface area (Å²) in [5, 5.41) is 5.24. The van der Waals surface area contributed by atoms with Gasteiger partial charge in [0.1, 0.15) is 0 Å². The summed E-state index contributed by atoms with van der Waals surface area (Å²) >= 11 is 0. The maximum Gasteiger partial charge on any atom is 0.243 e. The van der Waals surface area contributed by atoms with E-state index in [2.05, 4.69) is 20.6 Å². The normalized spacial score (nSPS) is 13.4. The number of rotatable bonds is 0. The lowest BCUT2D eigenvalue weighted by Gasteiger charge is -2.04. The second-order valence-electron chi connectivity index (χ2n) is 2.18. The Morgan fingerprint density at radius 2 is 1.69 bits per heavy atom. The monoisotopic (exact) mass is 178 g/mol. The lowest BCUT2D eigenvalue weighted by Crippen LogP contribution is -2.32. The summed E-state index contributed by atoms with van der Waals surface area (Å²) in [6.45, 7) is 0.399. The Labute approximate surface area is 75.9 Å². The minimum atomic E-state index is 0.0162. The molecule has 13 heavy (non-hydrogen) atoms. The number of amides is 1. The highest BCUT2D eigenvalue weighted by atomic mass is 16.1. The molecular formula is C8H10N4O. The average Bonchev–Trinajstić information content (AvgIpc) is 2.22. The molecule has 0 atom stereocenters. The van der Waals surface area contributed by atoms with Crippen molar-refractivity contribution in [1.29, 1.82) is 0 Å². The Morgan fingerprint density at radius 1 is 1.08 bits per heavy atom. The Morgan fingerprint density at radius 3 is 1.92 bits per heavy atom. The largest absolute Gasteiger partial charge is 0.381 e. The van der Waals surface area contributed by atoms with Crippen LogP contribution in [0.2, 0.25) is 0 Å². The summed E-state index contributed by atoms with van der Waals surface area (Å²) in [7, 11) is 0. The van der Waals surface area contributed by atoms with Gasteiger partial charge >= 0.3 is 0 Å². The molecule has 0 saturated carbocycles. The molecule has 0 aliphatic carbocycles. The van der Waals surface area contributed by atoms with Gasteiger partial charge in [-0.1, -0.05) is 0 Å². The Kier molecular flexibility index (Phi) is 4.03. The van der Waals surface area contributed by atoms with Crippen molar-refractivity contribution in [2.45, 2.75) is 0 Å². The van der Waals surface area contributed by atoms with Crippen LogP contribution in [-0.2, 0) is 4.79 Å². The molecule has 1 aliphatic rings. The molecule has 0 unspecified atom stereocenters. The predicted octanol–water partition coefficient (Wildman–Crippen LogP) is -0.346. The average molecular weight is 178 g/mol. The number of aromatic nitrogens is 2. The van der Waals surface area contributed by atoms with Gasteiger partial charge in [-0.2, -0.15) is 0 Å². The molecule has 5 heteroatoms. The van der Waals surface area contributed by atoms with Gasteiger partial charge < -0.3 is 10.6 Å². The van der Waals surface area contributed by atoms with Gasteiger partial charge in [0.05, 0.1) is 6.54 Å². The topological polar surface area (TPSA) is 66.9 Å². The number of carbonyl (C=O) groups excluding carboxylic acids is 1. The molecular weight excluding hydrogens is 168 g/mol. The van der Waals surface area contributed by atoms with E-state index in [4.69, 9.17) is 0 Å². The van der Waals surface area contributed by atoms with E-state index in [1.807, 2.05) is 0 Å². The molecule has 2 heterocycles. The summed E-state index contributed by atoms with van der Waals surface area (Å²) < 4.78 is 0. The van der Waals surface area contributed by atoms with Crippen LogP contribution in [0, 0.1) is 0 Å². The first-order valence-corrected chi connectivity index (χ1v) is 3.77. The van der Waals surface area contributed by atoms with Crippen LogP contribution in [0.25, 0.3) is 0 Å². The van der Waals surface area contributed by atoms with Crippen LogP contribution < -0.4 is 10.6 Å². The maximum absolute atomic E-state index is 10.2.